The van der Waals surface area contributed by atoms with Gasteiger partial charge in [-0.15, -0.1) is 0 Å². The summed E-state index contributed by atoms with van der Waals surface area (Å²) in [5, 5.41) is 8.84. The number of hydrogen-bond acceptors (Lipinski definition) is 7. The third kappa shape index (κ3) is 10.5. The molecule has 0 aliphatic heterocycles. The quantitative estimate of drug-likeness (QED) is 0.258. The topological polar surface area (TPSA) is 116 Å². The van der Waals surface area contributed by atoms with Crippen molar-refractivity contribution in [1.29, 1.82) is 0 Å². The van der Waals surface area contributed by atoms with Gasteiger partial charge in [0.1, 0.15) is 18.5 Å². The summed E-state index contributed by atoms with van der Waals surface area (Å²) in [6.45, 7) is 8.16. The Bertz CT molecular complexity index is 341. The number of hydrogen-bond donors (Lipinski definition) is 1. The molecule has 1 unspecified atom stereocenters. The minimum absolute atomic E-state index is 0.178. The molecule has 0 amide bonds. The van der Waals surface area contributed by atoms with Crippen molar-refractivity contribution < 1.29 is 38.5 Å². The Morgan fingerprint density at radius 3 is 1.70 bits per heavy atom. The number of carboxylic acid groups (broad SMARTS) is 1. The molecule has 0 aliphatic rings. The summed E-state index contributed by atoms with van der Waals surface area (Å²) in [6.07, 6.45) is 0.410. The van der Waals surface area contributed by atoms with Gasteiger partial charge in [0.05, 0.1) is 6.61 Å². The van der Waals surface area contributed by atoms with Gasteiger partial charge >= 0.3 is 11.9 Å². The van der Waals surface area contributed by atoms with Crippen molar-refractivity contribution in [2.75, 3.05) is 19.8 Å². The molecule has 0 spiro atoms. The van der Waals surface area contributed by atoms with E-state index in [1.165, 1.54) is 0 Å². The SMILES string of the molecule is CCOC(=O)C(C=O)C=O.CCOC(OCC)C(CC)C(=O)O. The molecule has 0 rings (SSSR count). The highest BCUT2D eigenvalue weighted by Crippen LogP contribution is 2.14. The van der Waals surface area contributed by atoms with E-state index in [1.54, 1.807) is 6.92 Å². The lowest BCUT2D eigenvalue weighted by molar-refractivity contribution is -0.185. The smallest absolute Gasteiger partial charge is 0.323 e. The van der Waals surface area contributed by atoms with Crippen LogP contribution < -0.4 is 0 Å². The number of ether oxygens (including phenoxy) is 3. The first-order chi connectivity index (χ1) is 10.9. The van der Waals surface area contributed by atoms with Crippen LogP contribution in [0.3, 0.4) is 0 Å². The van der Waals surface area contributed by atoms with Crippen LogP contribution >= 0.6 is 0 Å². The lowest BCUT2D eigenvalue weighted by Gasteiger charge is -2.22. The predicted molar refractivity (Wildman–Crippen MR) is 80.7 cm³/mol. The van der Waals surface area contributed by atoms with Crippen LogP contribution in [-0.4, -0.2) is 55.7 Å². The molecule has 0 aromatic heterocycles. The summed E-state index contributed by atoms with van der Waals surface area (Å²) in [5.74, 6) is -3.47. The highest BCUT2D eigenvalue weighted by Gasteiger charge is 2.27. The Morgan fingerprint density at radius 2 is 1.43 bits per heavy atom. The largest absolute Gasteiger partial charge is 0.481 e. The Balaban J connectivity index is 0. The molecule has 1 N–H and O–H groups in total. The first-order valence-corrected chi connectivity index (χ1v) is 7.46. The normalized spacial score (nSPS) is 11.4. The van der Waals surface area contributed by atoms with Gasteiger partial charge in [0.25, 0.3) is 0 Å². The molecule has 8 nitrogen and oxygen atoms in total. The van der Waals surface area contributed by atoms with Crippen LogP contribution in [0.1, 0.15) is 34.1 Å². The van der Waals surface area contributed by atoms with Gasteiger partial charge in [-0.1, -0.05) is 6.92 Å². The summed E-state index contributed by atoms with van der Waals surface area (Å²) in [4.78, 5) is 41.1. The monoisotopic (exact) mass is 334 g/mol. The number of carbonyl (C=O) groups is 4. The number of carbonyl (C=O) groups excluding carboxylic acids is 3. The van der Waals surface area contributed by atoms with Crippen molar-refractivity contribution in [3.05, 3.63) is 0 Å². The van der Waals surface area contributed by atoms with E-state index >= 15 is 0 Å². The van der Waals surface area contributed by atoms with Crippen LogP contribution in [0, 0.1) is 11.8 Å². The van der Waals surface area contributed by atoms with Gasteiger partial charge in [0.2, 0.25) is 0 Å². The molecule has 0 fully saturated rings. The van der Waals surface area contributed by atoms with Gasteiger partial charge < -0.3 is 28.9 Å². The highest BCUT2D eigenvalue weighted by molar-refractivity contribution is 6.02. The molecule has 0 aromatic rings. The van der Waals surface area contributed by atoms with Crippen LogP contribution in [0.15, 0.2) is 0 Å². The van der Waals surface area contributed by atoms with Crippen molar-refractivity contribution in [3.63, 3.8) is 0 Å². The van der Waals surface area contributed by atoms with Crippen molar-refractivity contribution in [2.45, 2.75) is 40.4 Å². The molecule has 8 heteroatoms. The van der Waals surface area contributed by atoms with Crippen LogP contribution in [0.5, 0.6) is 0 Å². The summed E-state index contributed by atoms with van der Waals surface area (Å²) >= 11 is 0. The first kappa shape index (κ1) is 23.5. The minimum atomic E-state index is -1.25. The molecule has 0 aliphatic carbocycles. The lowest BCUT2D eigenvalue weighted by atomic mass is 10.1. The number of rotatable bonds is 11. The maximum Gasteiger partial charge on any atom is 0.323 e. The fourth-order valence-electron chi connectivity index (χ4n) is 1.47. The number of aliphatic carboxylic acids is 1. The maximum atomic E-state index is 10.8. The molecule has 1 atom stereocenters. The van der Waals surface area contributed by atoms with E-state index < -0.39 is 30.1 Å². The van der Waals surface area contributed by atoms with Gasteiger partial charge in [-0.25, -0.2) is 0 Å². The second kappa shape index (κ2) is 15.1. The van der Waals surface area contributed by atoms with Crippen molar-refractivity contribution in [2.24, 2.45) is 11.8 Å². The number of aldehydes is 2. The average molecular weight is 334 g/mol. The second-order valence-electron chi connectivity index (χ2n) is 4.18. The van der Waals surface area contributed by atoms with Crippen LogP contribution in [0.2, 0.25) is 0 Å². The minimum Gasteiger partial charge on any atom is -0.481 e. The van der Waals surface area contributed by atoms with E-state index in [9.17, 15) is 19.2 Å². The van der Waals surface area contributed by atoms with Gasteiger partial charge in [0, 0.05) is 13.2 Å². The molecular formula is C15H26O8. The average Bonchev–Trinajstić information content (AvgIpc) is 2.50. The first-order valence-electron chi connectivity index (χ1n) is 7.46. The summed E-state index contributed by atoms with van der Waals surface area (Å²) in [6, 6.07) is 0. The van der Waals surface area contributed by atoms with Crippen LogP contribution in [0.25, 0.3) is 0 Å². The maximum absolute atomic E-state index is 10.8. The van der Waals surface area contributed by atoms with E-state index in [4.69, 9.17) is 14.6 Å². The van der Waals surface area contributed by atoms with Crippen LogP contribution in [-0.2, 0) is 33.4 Å². The fraction of sp³-hybridized carbons (Fsp3) is 0.733. The molecule has 0 heterocycles. The van der Waals surface area contributed by atoms with E-state index in [0.717, 1.165) is 0 Å². The third-order valence-electron chi connectivity index (χ3n) is 2.60. The summed E-state index contributed by atoms with van der Waals surface area (Å²) in [7, 11) is 0. The van der Waals surface area contributed by atoms with Gasteiger partial charge in [-0.3, -0.25) is 9.59 Å². The van der Waals surface area contributed by atoms with Crippen LogP contribution in [0.4, 0.5) is 0 Å². The standard InChI is InChI=1S/C9H18O4.C6H8O4/c1-4-7(8(10)11)9(12-5-2)13-6-3;1-2-10-6(9)5(3-7)4-8/h7,9H,4-6H2,1-3H3,(H,10,11);3-5H,2H2,1H3. The Kier molecular flexibility index (Phi) is 15.4. The summed E-state index contributed by atoms with van der Waals surface area (Å²) in [5.41, 5.74) is 0. The van der Waals surface area contributed by atoms with Gasteiger partial charge in [-0.05, 0) is 27.2 Å². The second-order valence-corrected chi connectivity index (χ2v) is 4.18. The Hall–Kier alpha value is -1.80. The lowest BCUT2D eigenvalue weighted by Crippen LogP contribution is -2.32. The van der Waals surface area contributed by atoms with E-state index in [0.29, 0.717) is 19.6 Å². The molecule has 0 saturated heterocycles. The van der Waals surface area contributed by atoms with Gasteiger partial charge in [0.15, 0.2) is 12.2 Å². The van der Waals surface area contributed by atoms with E-state index in [-0.39, 0.29) is 19.2 Å². The molecule has 0 bridgehead atoms. The number of carboxylic acids is 1. The number of esters is 1. The van der Waals surface area contributed by atoms with E-state index in [2.05, 4.69) is 4.74 Å². The molecule has 0 radical (unpaired) electrons. The summed E-state index contributed by atoms with van der Waals surface area (Å²) < 4.78 is 14.8. The molecule has 23 heavy (non-hydrogen) atoms. The highest BCUT2D eigenvalue weighted by atomic mass is 16.7. The molecule has 0 aromatic carbocycles. The van der Waals surface area contributed by atoms with Gasteiger partial charge in [-0.2, -0.15) is 0 Å². The van der Waals surface area contributed by atoms with Crippen molar-refractivity contribution in [1.82, 2.24) is 0 Å². The third-order valence-corrected chi connectivity index (χ3v) is 2.60. The Morgan fingerprint density at radius 1 is 0.957 bits per heavy atom. The fourth-order valence-corrected chi connectivity index (χ4v) is 1.47. The van der Waals surface area contributed by atoms with E-state index in [1.807, 2.05) is 20.8 Å². The zero-order chi connectivity index (χ0) is 18.3. The Labute approximate surface area is 136 Å². The molecular weight excluding hydrogens is 308 g/mol. The van der Waals surface area contributed by atoms with Crippen molar-refractivity contribution >= 4 is 24.5 Å². The molecule has 0 saturated carbocycles. The zero-order valence-corrected chi connectivity index (χ0v) is 14.0. The molecule has 134 valence electrons. The zero-order valence-electron chi connectivity index (χ0n) is 14.0. The predicted octanol–water partition coefficient (Wildman–Crippen LogP) is 1.06. The van der Waals surface area contributed by atoms with Crippen molar-refractivity contribution in [3.8, 4) is 0 Å².